The van der Waals surface area contributed by atoms with E-state index in [1.807, 2.05) is 30.4 Å². The third kappa shape index (κ3) is 9.21. The van der Waals surface area contributed by atoms with E-state index >= 15 is 0 Å². The first-order valence-electron chi connectivity index (χ1n) is 16.0. The molecule has 1 aliphatic carbocycles. The summed E-state index contributed by atoms with van der Waals surface area (Å²) in [6.45, 7) is 5.54. The zero-order valence-electron chi connectivity index (χ0n) is 27.1. The standard InChI is InChI=1S/C32H47N5O8S/c1-31(2,3)45-30(41)34-24-15-9-7-5-6-8-14-23-21-32(23,35-27(38)25-16-12-20-37(25)28(24)39)29(40)36-46(42,43)33-19-18-22-13-10-11-17-26(22)44-4/h8,10-11,13-14,17,23-25,33H,5-7,9,12,15-16,18-21H2,1-4H3,(H,34,41)(H,35,38)(H,36,40)/t23-,24+,25+,32-/m1/s1. The van der Waals surface area contributed by atoms with Crippen LogP contribution in [0.1, 0.15) is 77.7 Å². The summed E-state index contributed by atoms with van der Waals surface area (Å²) in [6.07, 6.45) is 7.99. The maximum Gasteiger partial charge on any atom is 0.408 e. The quantitative estimate of drug-likeness (QED) is 0.308. The molecular formula is C32H47N5O8S. The molecular weight excluding hydrogens is 614 g/mol. The molecule has 4 amide bonds. The van der Waals surface area contributed by atoms with Crippen molar-refractivity contribution in [3.63, 3.8) is 0 Å². The van der Waals surface area contributed by atoms with Crippen LogP contribution in [-0.2, 0) is 35.8 Å². The Bertz CT molecular complexity index is 1430. The van der Waals surface area contributed by atoms with Gasteiger partial charge in [0, 0.05) is 19.0 Å². The Labute approximate surface area is 271 Å². The third-order valence-corrected chi connectivity index (χ3v) is 9.47. The maximum atomic E-state index is 13.7. The molecule has 2 fully saturated rings. The summed E-state index contributed by atoms with van der Waals surface area (Å²) in [6, 6.07) is 5.50. The van der Waals surface area contributed by atoms with Crippen molar-refractivity contribution in [2.24, 2.45) is 5.92 Å². The normalized spacial score (nSPS) is 25.7. The highest BCUT2D eigenvalue weighted by molar-refractivity contribution is 7.88. The van der Waals surface area contributed by atoms with Gasteiger partial charge < -0.3 is 25.0 Å². The van der Waals surface area contributed by atoms with Crippen LogP contribution in [0.4, 0.5) is 4.79 Å². The lowest BCUT2D eigenvalue weighted by atomic mass is 10.0. The summed E-state index contributed by atoms with van der Waals surface area (Å²) in [5.41, 5.74) is -1.42. The van der Waals surface area contributed by atoms with Crippen LogP contribution >= 0.6 is 0 Å². The van der Waals surface area contributed by atoms with Crippen LogP contribution in [0.3, 0.4) is 0 Å². The zero-order chi connectivity index (χ0) is 33.5. The smallest absolute Gasteiger partial charge is 0.408 e. The molecule has 14 heteroatoms. The minimum absolute atomic E-state index is 0.0172. The molecule has 1 saturated heterocycles. The first-order chi connectivity index (χ1) is 21.7. The number of nitrogens with zero attached hydrogens (tertiary/aromatic N) is 1. The highest BCUT2D eigenvalue weighted by Gasteiger charge is 2.61. The van der Waals surface area contributed by atoms with Crippen LogP contribution in [0, 0.1) is 5.92 Å². The minimum Gasteiger partial charge on any atom is -0.496 e. The summed E-state index contributed by atoms with van der Waals surface area (Å²) in [5, 5.41) is 5.52. The molecule has 4 atom stereocenters. The lowest BCUT2D eigenvalue weighted by molar-refractivity contribution is -0.141. The van der Waals surface area contributed by atoms with Crippen molar-refractivity contribution in [2.45, 2.75) is 102 Å². The monoisotopic (exact) mass is 661 g/mol. The van der Waals surface area contributed by atoms with Crippen LogP contribution in [0.15, 0.2) is 36.4 Å². The summed E-state index contributed by atoms with van der Waals surface area (Å²) in [4.78, 5) is 55.0. The summed E-state index contributed by atoms with van der Waals surface area (Å²) in [7, 11) is -2.72. The number of nitrogens with one attached hydrogen (secondary N) is 4. The molecule has 2 aliphatic heterocycles. The van der Waals surface area contributed by atoms with Gasteiger partial charge in [-0.3, -0.25) is 14.4 Å². The van der Waals surface area contributed by atoms with E-state index in [4.69, 9.17) is 9.47 Å². The number of methoxy groups -OCH3 is 1. The van der Waals surface area contributed by atoms with E-state index in [1.165, 1.54) is 12.0 Å². The second kappa shape index (κ2) is 14.8. The lowest BCUT2D eigenvalue weighted by Gasteiger charge is -2.30. The molecule has 1 saturated carbocycles. The van der Waals surface area contributed by atoms with Crippen molar-refractivity contribution in [1.82, 2.24) is 25.0 Å². The predicted molar refractivity (Wildman–Crippen MR) is 171 cm³/mol. The number of para-hydroxylation sites is 1. The molecule has 0 bridgehead atoms. The van der Waals surface area contributed by atoms with Gasteiger partial charge in [0.1, 0.15) is 29.0 Å². The van der Waals surface area contributed by atoms with E-state index < -0.39 is 57.3 Å². The number of rotatable bonds is 8. The van der Waals surface area contributed by atoms with Crippen molar-refractivity contribution in [1.29, 1.82) is 0 Å². The molecule has 0 aromatic heterocycles. The molecule has 1 aromatic carbocycles. The van der Waals surface area contributed by atoms with Crippen LogP contribution < -0.4 is 24.8 Å². The number of ether oxygens (including phenoxy) is 2. The number of amides is 4. The van der Waals surface area contributed by atoms with Crippen molar-refractivity contribution >= 4 is 34.0 Å². The van der Waals surface area contributed by atoms with Gasteiger partial charge in [-0.15, -0.1) is 0 Å². The maximum absolute atomic E-state index is 13.7. The first kappa shape index (κ1) is 35.2. The zero-order valence-corrected chi connectivity index (χ0v) is 27.9. The summed E-state index contributed by atoms with van der Waals surface area (Å²) >= 11 is 0. The fraction of sp³-hybridized carbons (Fsp3) is 0.625. The van der Waals surface area contributed by atoms with E-state index in [0.717, 1.165) is 18.4 Å². The van der Waals surface area contributed by atoms with Gasteiger partial charge in [-0.2, -0.15) is 13.1 Å². The third-order valence-electron chi connectivity index (χ3n) is 8.43. The number of hydrogen-bond donors (Lipinski definition) is 4. The van der Waals surface area contributed by atoms with Crippen LogP contribution in [-0.4, -0.2) is 80.6 Å². The Hall–Kier alpha value is -3.65. The molecule has 46 heavy (non-hydrogen) atoms. The van der Waals surface area contributed by atoms with Crippen molar-refractivity contribution < 1.29 is 37.1 Å². The fourth-order valence-corrected chi connectivity index (χ4v) is 6.89. The topological polar surface area (TPSA) is 172 Å². The van der Waals surface area contributed by atoms with E-state index in [9.17, 15) is 27.6 Å². The van der Waals surface area contributed by atoms with E-state index in [2.05, 4.69) is 20.1 Å². The van der Waals surface area contributed by atoms with Crippen LogP contribution in [0.2, 0.25) is 0 Å². The molecule has 3 aliphatic rings. The number of carbonyl (C=O) groups excluding carboxylic acids is 4. The van der Waals surface area contributed by atoms with E-state index in [0.29, 0.717) is 50.8 Å². The largest absolute Gasteiger partial charge is 0.496 e. The van der Waals surface area contributed by atoms with Gasteiger partial charge in [-0.05, 0) is 77.3 Å². The number of carbonyl (C=O) groups is 4. The van der Waals surface area contributed by atoms with Gasteiger partial charge in [-0.1, -0.05) is 43.2 Å². The Morgan fingerprint density at radius 1 is 1.09 bits per heavy atom. The number of allylic oxidation sites excluding steroid dienone is 1. The Balaban J connectivity index is 1.47. The molecule has 254 valence electrons. The molecule has 0 unspecified atom stereocenters. The molecule has 1 aromatic rings. The predicted octanol–water partition coefficient (Wildman–Crippen LogP) is 2.47. The van der Waals surface area contributed by atoms with Crippen molar-refractivity contribution in [3.8, 4) is 5.75 Å². The van der Waals surface area contributed by atoms with Gasteiger partial charge in [0.05, 0.1) is 7.11 Å². The van der Waals surface area contributed by atoms with E-state index in [-0.39, 0.29) is 18.9 Å². The molecule has 0 spiro atoms. The first-order valence-corrected chi connectivity index (χ1v) is 17.5. The average molecular weight is 662 g/mol. The average Bonchev–Trinajstić information content (AvgIpc) is 3.44. The highest BCUT2D eigenvalue weighted by Crippen LogP contribution is 2.45. The number of fused-ring (bicyclic) bond motifs is 2. The second-order valence-corrected chi connectivity index (χ2v) is 14.6. The van der Waals surface area contributed by atoms with Crippen LogP contribution in [0.25, 0.3) is 0 Å². The SMILES string of the molecule is COc1ccccc1CCNS(=O)(=O)NC(=O)[C@@]12C[C@H]1C=CCCCCC[C@H](NC(=O)OC(C)(C)C)C(=O)N1CCC[C@H]1C(=O)N2. The van der Waals surface area contributed by atoms with Gasteiger partial charge in [0.2, 0.25) is 11.8 Å². The van der Waals surface area contributed by atoms with Gasteiger partial charge in [0.25, 0.3) is 5.91 Å². The Kier molecular flexibility index (Phi) is 11.4. The molecule has 0 radical (unpaired) electrons. The van der Waals surface area contributed by atoms with Crippen molar-refractivity contribution in [3.05, 3.63) is 42.0 Å². The van der Waals surface area contributed by atoms with Crippen molar-refractivity contribution in [2.75, 3.05) is 20.2 Å². The Morgan fingerprint density at radius 2 is 1.85 bits per heavy atom. The van der Waals surface area contributed by atoms with Crippen LogP contribution in [0.5, 0.6) is 5.75 Å². The van der Waals surface area contributed by atoms with E-state index in [1.54, 1.807) is 26.8 Å². The van der Waals surface area contributed by atoms with Gasteiger partial charge in [0.15, 0.2) is 0 Å². The molecule has 4 N–H and O–H groups in total. The molecule has 4 rings (SSSR count). The Morgan fingerprint density at radius 3 is 2.59 bits per heavy atom. The summed E-state index contributed by atoms with van der Waals surface area (Å²) in [5.74, 6) is -1.54. The van der Waals surface area contributed by atoms with Gasteiger partial charge in [-0.25, -0.2) is 9.52 Å². The van der Waals surface area contributed by atoms with Gasteiger partial charge >= 0.3 is 16.3 Å². The minimum atomic E-state index is -4.26. The summed E-state index contributed by atoms with van der Waals surface area (Å²) < 4.78 is 41.0. The molecule has 2 heterocycles. The lowest BCUT2D eigenvalue weighted by Crippen LogP contribution is -2.59. The number of hydrogen-bond acceptors (Lipinski definition) is 8. The number of benzene rings is 1. The molecule has 13 nitrogen and oxygen atoms in total. The second-order valence-electron chi connectivity index (χ2n) is 13.1. The highest BCUT2D eigenvalue weighted by atomic mass is 32.2. The number of alkyl carbamates (subject to hydrolysis) is 1. The fourth-order valence-electron chi connectivity index (χ4n) is 6.02.